The summed E-state index contributed by atoms with van der Waals surface area (Å²) in [5, 5.41) is 13.8. The highest BCUT2D eigenvalue weighted by molar-refractivity contribution is 5.94. The first-order valence-corrected chi connectivity index (χ1v) is 10.1. The number of likely N-dealkylation sites (tertiary alicyclic amines) is 1. The van der Waals surface area contributed by atoms with E-state index in [0.29, 0.717) is 19.4 Å². The number of carbonyl (C=O) groups excluding carboxylic acids is 3. The van der Waals surface area contributed by atoms with Crippen molar-refractivity contribution in [2.45, 2.75) is 51.2 Å². The average molecular weight is 418 g/mol. The lowest BCUT2D eigenvalue weighted by Gasteiger charge is -2.29. The SMILES string of the molecule is CC(C)C(N)C(=O)N1CCCC1C(=O)NC(Cc1ccccc1)C(=O)NCC(=O)O. The number of benzene rings is 1. The van der Waals surface area contributed by atoms with Gasteiger partial charge in [0.2, 0.25) is 17.7 Å². The van der Waals surface area contributed by atoms with E-state index in [2.05, 4.69) is 10.6 Å². The van der Waals surface area contributed by atoms with Gasteiger partial charge in [-0.3, -0.25) is 19.2 Å². The van der Waals surface area contributed by atoms with E-state index < -0.39 is 42.5 Å². The summed E-state index contributed by atoms with van der Waals surface area (Å²) >= 11 is 0. The molecule has 1 aromatic rings. The zero-order valence-corrected chi connectivity index (χ0v) is 17.3. The number of carboxylic acids is 1. The molecule has 1 heterocycles. The van der Waals surface area contributed by atoms with Crippen LogP contribution in [0.3, 0.4) is 0 Å². The molecule has 30 heavy (non-hydrogen) atoms. The van der Waals surface area contributed by atoms with Crippen molar-refractivity contribution < 1.29 is 24.3 Å². The van der Waals surface area contributed by atoms with Gasteiger partial charge >= 0.3 is 5.97 Å². The number of hydrogen-bond donors (Lipinski definition) is 4. The zero-order chi connectivity index (χ0) is 22.3. The van der Waals surface area contributed by atoms with Gasteiger partial charge in [-0.2, -0.15) is 0 Å². The topological polar surface area (TPSA) is 142 Å². The Morgan fingerprint density at radius 3 is 2.47 bits per heavy atom. The molecule has 2 rings (SSSR count). The number of nitrogens with zero attached hydrogens (tertiary/aromatic N) is 1. The Hall–Kier alpha value is -2.94. The van der Waals surface area contributed by atoms with Crippen molar-refractivity contribution in [1.29, 1.82) is 0 Å². The zero-order valence-electron chi connectivity index (χ0n) is 17.3. The lowest BCUT2D eigenvalue weighted by molar-refractivity contribution is -0.141. The maximum absolute atomic E-state index is 13.0. The number of amides is 3. The van der Waals surface area contributed by atoms with Gasteiger partial charge in [0.05, 0.1) is 6.04 Å². The van der Waals surface area contributed by atoms with Crippen molar-refractivity contribution in [2.24, 2.45) is 11.7 Å². The van der Waals surface area contributed by atoms with E-state index in [4.69, 9.17) is 10.8 Å². The molecule has 3 atom stereocenters. The minimum atomic E-state index is -1.18. The number of hydrogen-bond acceptors (Lipinski definition) is 5. The summed E-state index contributed by atoms with van der Waals surface area (Å²) < 4.78 is 0. The molecule has 0 bridgehead atoms. The van der Waals surface area contributed by atoms with Crippen LogP contribution in [0, 0.1) is 5.92 Å². The molecule has 1 aromatic carbocycles. The lowest BCUT2D eigenvalue weighted by Crippen LogP contribution is -2.56. The fraction of sp³-hybridized carbons (Fsp3) is 0.524. The van der Waals surface area contributed by atoms with Gasteiger partial charge in [-0.1, -0.05) is 44.2 Å². The second-order valence-electron chi connectivity index (χ2n) is 7.82. The van der Waals surface area contributed by atoms with E-state index in [1.807, 2.05) is 44.2 Å². The van der Waals surface area contributed by atoms with E-state index in [1.54, 1.807) is 0 Å². The fourth-order valence-electron chi connectivity index (χ4n) is 3.39. The molecule has 5 N–H and O–H groups in total. The van der Waals surface area contributed by atoms with Crippen LogP contribution in [0.25, 0.3) is 0 Å². The number of rotatable bonds is 9. The Morgan fingerprint density at radius 2 is 1.87 bits per heavy atom. The van der Waals surface area contributed by atoms with Crippen molar-refractivity contribution in [1.82, 2.24) is 15.5 Å². The van der Waals surface area contributed by atoms with Crippen LogP contribution in [0.1, 0.15) is 32.3 Å². The van der Waals surface area contributed by atoms with Gasteiger partial charge in [-0.25, -0.2) is 0 Å². The van der Waals surface area contributed by atoms with Gasteiger partial charge in [-0.15, -0.1) is 0 Å². The molecule has 0 aromatic heterocycles. The van der Waals surface area contributed by atoms with Gasteiger partial charge < -0.3 is 26.4 Å². The van der Waals surface area contributed by atoms with Gasteiger partial charge in [0.1, 0.15) is 18.6 Å². The molecule has 1 aliphatic rings. The fourth-order valence-corrected chi connectivity index (χ4v) is 3.39. The Kier molecular flexibility index (Phi) is 8.35. The predicted octanol–water partition coefficient (Wildman–Crippen LogP) is -0.111. The maximum Gasteiger partial charge on any atom is 0.322 e. The van der Waals surface area contributed by atoms with Crippen molar-refractivity contribution in [2.75, 3.05) is 13.1 Å². The molecule has 0 aliphatic carbocycles. The summed E-state index contributed by atoms with van der Waals surface area (Å²) in [4.78, 5) is 50.4. The van der Waals surface area contributed by atoms with Crippen LogP contribution >= 0.6 is 0 Å². The summed E-state index contributed by atoms with van der Waals surface area (Å²) in [6.45, 7) is 3.58. The average Bonchev–Trinajstić information content (AvgIpc) is 3.21. The van der Waals surface area contributed by atoms with Gasteiger partial charge in [0.25, 0.3) is 0 Å². The first kappa shape index (κ1) is 23.3. The molecule has 0 saturated carbocycles. The minimum Gasteiger partial charge on any atom is -0.480 e. The predicted molar refractivity (Wildman–Crippen MR) is 110 cm³/mol. The normalized spacial score (nSPS) is 18.0. The molecular formula is C21H30N4O5. The first-order valence-electron chi connectivity index (χ1n) is 10.1. The van der Waals surface area contributed by atoms with Gasteiger partial charge in [0.15, 0.2) is 0 Å². The largest absolute Gasteiger partial charge is 0.480 e. The molecule has 9 heteroatoms. The molecule has 9 nitrogen and oxygen atoms in total. The highest BCUT2D eigenvalue weighted by Crippen LogP contribution is 2.20. The van der Waals surface area contributed by atoms with Crippen LogP contribution in [-0.4, -0.2) is 64.9 Å². The van der Waals surface area contributed by atoms with Crippen LogP contribution in [0.2, 0.25) is 0 Å². The Labute approximate surface area is 176 Å². The van der Waals surface area contributed by atoms with E-state index in [0.717, 1.165) is 5.56 Å². The molecule has 0 spiro atoms. The Bertz CT molecular complexity index is 768. The molecular weight excluding hydrogens is 388 g/mol. The molecule has 1 saturated heterocycles. The minimum absolute atomic E-state index is 0.0607. The third kappa shape index (κ3) is 6.28. The monoisotopic (exact) mass is 418 g/mol. The van der Waals surface area contributed by atoms with Crippen LogP contribution < -0.4 is 16.4 Å². The molecule has 0 radical (unpaired) electrons. The summed E-state index contributed by atoms with van der Waals surface area (Å²) in [5.41, 5.74) is 6.79. The second-order valence-corrected chi connectivity index (χ2v) is 7.82. The third-order valence-corrected chi connectivity index (χ3v) is 5.17. The molecule has 1 aliphatic heterocycles. The van der Waals surface area contributed by atoms with Crippen LogP contribution in [0.15, 0.2) is 30.3 Å². The quantitative estimate of drug-likeness (QED) is 0.441. The van der Waals surface area contributed by atoms with E-state index >= 15 is 0 Å². The van der Waals surface area contributed by atoms with E-state index in [1.165, 1.54) is 4.90 Å². The standard InChI is InChI=1S/C21H30N4O5/c1-13(2)18(22)21(30)25-10-6-9-16(25)20(29)24-15(19(28)23-12-17(26)27)11-14-7-4-3-5-8-14/h3-5,7-8,13,15-16,18H,6,9-12,22H2,1-2H3,(H,23,28)(H,24,29)(H,26,27). The molecule has 1 fully saturated rings. The number of aliphatic carboxylic acids is 1. The van der Waals surface area contributed by atoms with Crippen molar-refractivity contribution in [3.8, 4) is 0 Å². The number of nitrogens with two attached hydrogens (primary N) is 1. The Morgan fingerprint density at radius 1 is 1.20 bits per heavy atom. The van der Waals surface area contributed by atoms with Crippen molar-refractivity contribution in [3.63, 3.8) is 0 Å². The third-order valence-electron chi connectivity index (χ3n) is 5.17. The summed E-state index contributed by atoms with van der Waals surface area (Å²) in [5.74, 6) is -2.55. The van der Waals surface area contributed by atoms with Crippen LogP contribution in [0.4, 0.5) is 0 Å². The highest BCUT2D eigenvalue weighted by Gasteiger charge is 2.38. The maximum atomic E-state index is 13.0. The van der Waals surface area contributed by atoms with Crippen LogP contribution in [0.5, 0.6) is 0 Å². The highest BCUT2D eigenvalue weighted by atomic mass is 16.4. The summed E-state index contributed by atoms with van der Waals surface area (Å²) in [6, 6.07) is 6.73. The Balaban J connectivity index is 2.12. The second kappa shape index (κ2) is 10.7. The smallest absolute Gasteiger partial charge is 0.322 e. The summed E-state index contributed by atoms with van der Waals surface area (Å²) in [6.07, 6.45) is 1.35. The lowest BCUT2D eigenvalue weighted by atomic mass is 10.0. The molecule has 164 valence electrons. The van der Waals surface area contributed by atoms with Crippen molar-refractivity contribution in [3.05, 3.63) is 35.9 Å². The van der Waals surface area contributed by atoms with Gasteiger partial charge in [-0.05, 0) is 24.3 Å². The number of nitrogens with one attached hydrogen (secondary N) is 2. The number of carbonyl (C=O) groups is 4. The first-order chi connectivity index (χ1) is 14.2. The molecule has 3 unspecified atom stereocenters. The van der Waals surface area contributed by atoms with E-state index in [-0.39, 0.29) is 18.2 Å². The van der Waals surface area contributed by atoms with Crippen molar-refractivity contribution >= 4 is 23.7 Å². The molecule has 3 amide bonds. The number of carboxylic acid groups (broad SMARTS) is 1. The van der Waals surface area contributed by atoms with E-state index in [9.17, 15) is 19.2 Å². The van der Waals surface area contributed by atoms with Gasteiger partial charge in [0, 0.05) is 13.0 Å². The summed E-state index contributed by atoms with van der Waals surface area (Å²) in [7, 11) is 0. The van der Waals surface area contributed by atoms with Crippen LogP contribution in [-0.2, 0) is 25.6 Å².